The summed E-state index contributed by atoms with van der Waals surface area (Å²) in [5.41, 5.74) is 0. The van der Waals surface area contributed by atoms with Gasteiger partial charge in [-0.1, -0.05) is 6.92 Å². The third-order valence-electron chi connectivity index (χ3n) is 4.58. The third-order valence-corrected chi connectivity index (χ3v) is 6.20. The van der Waals surface area contributed by atoms with E-state index in [4.69, 9.17) is 4.74 Å². The van der Waals surface area contributed by atoms with Crippen molar-refractivity contribution < 1.29 is 4.74 Å². The molecule has 2 aliphatic rings. The van der Waals surface area contributed by atoms with Gasteiger partial charge in [-0.25, -0.2) is 0 Å². The molecule has 0 spiro atoms. The van der Waals surface area contributed by atoms with Gasteiger partial charge < -0.3 is 4.74 Å². The summed E-state index contributed by atoms with van der Waals surface area (Å²) in [6.07, 6.45) is 6.76. The number of ether oxygens (including phenoxy) is 1. The van der Waals surface area contributed by atoms with Crippen LogP contribution >= 0.6 is 11.8 Å². The summed E-state index contributed by atoms with van der Waals surface area (Å²) < 4.78 is 5.61. The fourth-order valence-corrected chi connectivity index (χ4v) is 5.46. The van der Waals surface area contributed by atoms with E-state index in [1.54, 1.807) is 7.11 Å². The Kier molecular flexibility index (Phi) is 5.62. The first-order valence-corrected chi connectivity index (χ1v) is 8.80. The van der Waals surface area contributed by atoms with Crippen molar-refractivity contribution in [3.63, 3.8) is 0 Å². The van der Waals surface area contributed by atoms with E-state index in [0.717, 1.165) is 23.8 Å². The Morgan fingerprint density at radius 2 is 2.05 bits per heavy atom. The summed E-state index contributed by atoms with van der Waals surface area (Å²) in [5, 5.41) is 0.877. The second-order valence-corrected chi connectivity index (χ2v) is 9.02. The van der Waals surface area contributed by atoms with Gasteiger partial charge >= 0.3 is 0 Å². The highest BCUT2D eigenvalue weighted by Crippen LogP contribution is 2.45. The van der Waals surface area contributed by atoms with Crippen molar-refractivity contribution in [2.75, 3.05) is 26.8 Å². The van der Waals surface area contributed by atoms with E-state index in [-0.39, 0.29) is 0 Å². The third kappa shape index (κ3) is 4.37. The molecule has 112 valence electrons. The minimum absolute atomic E-state index is 0.434. The van der Waals surface area contributed by atoms with Crippen LogP contribution in [-0.2, 0) is 4.74 Å². The zero-order valence-corrected chi connectivity index (χ0v) is 14.0. The Hall–Kier alpha value is 0.270. The monoisotopic (exact) mass is 285 g/mol. The molecule has 3 atom stereocenters. The molecular formula is C16H31NOS. The first-order valence-electron chi connectivity index (χ1n) is 7.92. The number of hydrogen-bond acceptors (Lipinski definition) is 3. The summed E-state index contributed by atoms with van der Waals surface area (Å²) >= 11 is 2.26. The number of methoxy groups -OCH3 is 1. The second-order valence-electron chi connectivity index (χ2n) is 7.07. The Morgan fingerprint density at radius 3 is 2.79 bits per heavy atom. The largest absolute Gasteiger partial charge is 0.385 e. The molecule has 2 rings (SSSR count). The van der Waals surface area contributed by atoms with Crippen LogP contribution < -0.4 is 0 Å². The van der Waals surface area contributed by atoms with Gasteiger partial charge in [-0.3, -0.25) is 4.90 Å². The van der Waals surface area contributed by atoms with Crippen LogP contribution in [0.2, 0.25) is 0 Å². The highest BCUT2D eigenvalue weighted by Gasteiger charge is 2.42. The molecular weight excluding hydrogens is 254 g/mol. The topological polar surface area (TPSA) is 12.5 Å². The molecule has 1 unspecified atom stereocenters. The standard InChI is InChI=1S/C16H31NOS/c1-13-7-8-15-14(11-13)17(9-5-6-10-18-4)12-16(2,3)19-15/h13-15H,5-12H2,1-4H3/t13-,14?,15+/m1/s1. The molecule has 2 nitrogen and oxygen atoms in total. The summed E-state index contributed by atoms with van der Waals surface area (Å²) in [7, 11) is 1.81. The number of thioether (sulfide) groups is 1. The number of rotatable bonds is 5. The molecule has 2 fully saturated rings. The predicted molar refractivity (Wildman–Crippen MR) is 84.9 cm³/mol. The van der Waals surface area contributed by atoms with Gasteiger partial charge in [0.05, 0.1) is 0 Å². The van der Waals surface area contributed by atoms with E-state index < -0.39 is 0 Å². The van der Waals surface area contributed by atoms with Crippen LogP contribution in [0, 0.1) is 5.92 Å². The normalized spacial score (nSPS) is 35.1. The molecule has 19 heavy (non-hydrogen) atoms. The smallest absolute Gasteiger partial charge is 0.0462 e. The highest BCUT2D eigenvalue weighted by molar-refractivity contribution is 8.01. The van der Waals surface area contributed by atoms with Gasteiger partial charge in [0.2, 0.25) is 0 Å². The van der Waals surface area contributed by atoms with Crippen LogP contribution in [0.3, 0.4) is 0 Å². The van der Waals surface area contributed by atoms with Gasteiger partial charge in [0, 0.05) is 36.3 Å². The van der Waals surface area contributed by atoms with E-state index in [1.807, 2.05) is 0 Å². The average Bonchev–Trinajstić information content (AvgIpc) is 2.34. The van der Waals surface area contributed by atoms with Crippen molar-refractivity contribution in [1.29, 1.82) is 0 Å². The predicted octanol–water partition coefficient (Wildman–Crippen LogP) is 3.80. The molecule has 0 aromatic rings. The quantitative estimate of drug-likeness (QED) is 0.713. The summed E-state index contributed by atoms with van der Waals surface area (Å²) in [4.78, 5) is 2.80. The molecule has 0 radical (unpaired) electrons. The van der Waals surface area contributed by atoms with E-state index in [9.17, 15) is 0 Å². The van der Waals surface area contributed by atoms with Crippen LogP contribution in [0.5, 0.6) is 0 Å². The molecule has 0 aromatic heterocycles. The lowest BCUT2D eigenvalue weighted by atomic mass is 9.85. The number of hydrogen-bond donors (Lipinski definition) is 0. The van der Waals surface area contributed by atoms with Crippen molar-refractivity contribution in [2.24, 2.45) is 5.92 Å². The Morgan fingerprint density at radius 1 is 1.26 bits per heavy atom. The Balaban J connectivity index is 1.92. The van der Waals surface area contributed by atoms with Gasteiger partial charge in [-0.15, -0.1) is 11.8 Å². The van der Waals surface area contributed by atoms with Gasteiger partial charge in [-0.2, -0.15) is 0 Å². The van der Waals surface area contributed by atoms with E-state index in [2.05, 4.69) is 37.4 Å². The van der Waals surface area contributed by atoms with E-state index in [0.29, 0.717) is 4.75 Å². The molecule has 0 bridgehead atoms. The molecule has 1 aliphatic carbocycles. The molecule has 0 amide bonds. The zero-order chi connectivity index (χ0) is 13.9. The minimum Gasteiger partial charge on any atom is -0.385 e. The van der Waals surface area contributed by atoms with Crippen molar-refractivity contribution in [2.45, 2.75) is 68.9 Å². The summed E-state index contributed by atoms with van der Waals surface area (Å²) in [5.74, 6) is 0.921. The molecule has 1 aliphatic heterocycles. The maximum atomic E-state index is 5.17. The van der Waals surface area contributed by atoms with Crippen LogP contribution in [0.4, 0.5) is 0 Å². The van der Waals surface area contributed by atoms with Crippen molar-refractivity contribution in [3.8, 4) is 0 Å². The number of unbranched alkanes of at least 4 members (excludes halogenated alkanes) is 1. The van der Waals surface area contributed by atoms with Crippen LogP contribution in [0.1, 0.15) is 52.9 Å². The average molecular weight is 285 g/mol. The van der Waals surface area contributed by atoms with Crippen LogP contribution in [0.15, 0.2) is 0 Å². The van der Waals surface area contributed by atoms with Gasteiger partial charge in [0.1, 0.15) is 0 Å². The van der Waals surface area contributed by atoms with Gasteiger partial charge in [-0.05, 0) is 58.4 Å². The summed E-state index contributed by atoms with van der Waals surface area (Å²) in [6, 6.07) is 0.837. The maximum absolute atomic E-state index is 5.17. The second kappa shape index (κ2) is 6.82. The van der Waals surface area contributed by atoms with Crippen LogP contribution in [0.25, 0.3) is 0 Å². The molecule has 0 aromatic carbocycles. The van der Waals surface area contributed by atoms with Crippen molar-refractivity contribution in [3.05, 3.63) is 0 Å². The first-order chi connectivity index (χ1) is 9.02. The fraction of sp³-hybridized carbons (Fsp3) is 1.00. The van der Waals surface area contributed by atoms with E-state index >= 15 is 0 Å². The van der Waals surface area contributed by atoms with E-state index in [1.165, 1.54) is 45.2 Å². The number of fused-ring (bicyclic) bond motifs is 1. The summed E-state index contributed by atoms with van der Waals surface area (Å²) in [6.45, 7) is 10.7. The number of nitrogens with zero attached hydrogens (tertiary/aromatic N) is 1. The van der Waals surface area contributed by atoms with Gasteiger partial charge in [0.25, 0.3) is 0 Å². The zero-order valence-electron chi connectivity index (χ0n) is 13.2. The lowest BCUT2D eigenvalue weighted by Crippen LogP contribution is -2.56. The van der Waals surface area contributed by atoms with Crippen molar-refractivity contribution in [1.82, 2.24) is 4.90 Å². The molecule has 1 saturated carbocycles. The Labute approximate surface area is 123 Å². The molecule has 0 N–H and O–H groups in total. The lowest BCUT2D eigenvalue weighted by Gasteiger charge is -2.51. The first kappa shape index (κ1) is 15.7. The minimum atomic E-state index is 0.434. The Bertz CT molecular complexity index is 282. The van der Waals surface area contributed by atoms with Crippen molar-refractivity contribution >= 4 is 11.8 Å². The fourth-order valence-electron chi connectivity index (χ4n) is 3.70. The molecule has 1 heterocycles. The molecule has 3 heteroatoms. The molecule has 1 saturated heterocycles. The maximum Gasteiger partial charge on any atom is 0.0462 e. The lowest BCUT2D eigenvalue weighted by molar-refractivity contribution is 0.112. The van der Waals surface area contributed by atoms with Gasteiger partial charge in [0.15, 0.2) is 0 Å². The SMILES string of the molecule is COCCCCN1CC(C)(C)S[C@H]2CC[C@@H](C)CC21. The highest BCUT2D eigenvalue weighted by atomic mass is 32.2. The van der Waals surface area contributed by atoms with Crippen LogP contribution in [-0.4, -0.2) is 47.7 Å².